The van der Waals surface area contributed by atoms with E-state index in [1.807, 2.05) is 4.90 Å². The topological polar surface area (TPSA) is 29.5 Å². The molecule has 0 unspecified atom stereocenters. The van der Waals surface area contributed by atoms with Crippen LogP contribution >= 0.6 is 0 Å². The van der Waals surface area contributed by atoms with Crippen molar-refractivity contribution in [3.63, 3.8) is 0 Å². The number of ether oxygens (including phenoxy) is 1. The number of piperidine rings is 1. The number of amides is 1. The van der Waals surface area contributed by atoms with Gasteiger partial charge in [0.2, 0.25) is 5.91 Å². The quantitative estimate of drug-likeness (QED) is 0.702. The Morgan fingerprint density at radius 1 is 1.33 bits per heavy atom. The highest BCUT2D eigenvalue weighted by Gasteiger charge is 2.22. The second-order valence-corrected chi connectivity index (χ2v) is 5.37. The van der Waals surface area contributed by atoms with Gasteiger partial charge in [-0.2, -0.15) is 0 Å². The maximum absolute atomic E-state index is 11.1. The Balaban J connectivity index is 2.23. The van der Waals surface area contributed by atoms with Crippen LogP contribution in [0.15, 0.2) is 0 Å². The molecule has 0 saturated carbocycles. The van der Waals surface area contributed by atoms with E-state index in [0.29, 0.717) is 5.92 Å². The van der Waals surface area contributed by atoms with Gasteiger partial charge < -0.3 is 9.64 Å². The molecule has 1 aliphatic rings. The average molecular weight is 213 g/mol. The van der Waals surface area contributed by atoms with E-state index in [1.165, 1.54) is 0 Å². The highest BCUT2D eigenvalue weighted by Crippen LogP contribution is 2.19. The average Bonchev–Trinajstić information content (AvgIpc) is 2.14. The molecule has 1 amide bonds. The first-order chi connectivity index (χ1) is 6.88. The molecule has 0 aromatic rings. The van der Waals surface area contributed by atoms with Gasteiger partial charge in [-0.05, 0) is 39.5 Å². The summed E-state index contributed by atoms with van der Waals surface area (Å²) in [6.45, 7) is 10.5. The molecule has 0 aromatic carbocycles. The third-order valence-corrected chi connectivity index (χ3v) is 2.81. The molecular formula is C12H23NO2. The van der Waals surface area contributed by atoms with Crippen molar-refractivity contribution in [3.05, 3.63) is 0 Å². The third kappa shape index (κ3) is 4.65. The van der Waals surface area contributed by atoms with Gasteiger partial charge in [-0.3, -0.25) is 4.79 Å². The number of hydrogen-bond acceptors (Lipinski definition) is 2. The highest BCUT2D eigenvalue weighted by atomic mass is 16.5. The van der Waals surface area contributed by atoms with Crippen molar-refractivity contribution >= 4 is 5.91 Å². The van der Waals surface area contributed by atoms with Gasteiger partial charge >= 0.3 is 0 Å². The summed E-state index contributed by atoms with van der Waals surface area (Å²) in [6, 6.07) is 0. The lowest BCUT2D eigenvalue weighted by Crippen LogP contribution is -2.38. The fraction of sp³-hybridized carbons (Fsp3) is 0.917. The molecule has 1 saturated heterocycles. The predicted molar refractivity (Wildman–Crippen MR) is 60.7 cm³/mol. The van der Waals surface area contributed by atoms with Gasteiger partial charge in [0.05, 0.1) is 12.2 Å². The molecule has 1 heterocycles. The van der Waals surface area contributed by atoms with Gasteiger partial charge in [-0.15, -0.1) is 0 Å². The monoisotopic (exact) mass is 213 g/mol. The minimum Gasteiger partial charge on any atom is -0.376 e. The highest BCUT2D eigenvalue weighted by molar-refractivity contribution is 5.73. The van der Waals surface area contributed by atoms with E-state index in [1.54, 1.807) is 6.92 Å². The lowest BCUT2D eigenvalue weighted by Gasteiger charge is -2.32. The van der Waals surface area contributed by atoms with Crippen LogP contribution in [0.2, 0.25) is 0 Å². The van der Waals surface area contributed by atoms with Gasteiger partial charge in [0.1, 0.15) is 0 Å². The molecule has 1 rings (SSSR count). The second-order valence-electron chi connectivity index (χ2n) is 5.37. The van der Waals surface area contributed by atoms with Crippen molar-refractivity contribution in [1.82, 2.24) is 4.90 Å². The number of carbonyl (C=O) groups excluding carboxylic acids is 1. The number of likely N-dealkylation sites (tertiary alicyclic amines) is 1. The van der Waals surface area contributed by atoms with Crippen molar-refractivity contribution in [1.29, 1.82) is 0 Å². The Kier molecular flexibility index (Phi) is 4.14. The summed E-state index contributed by atoms with van der Waals surface area (Å²) in [5.74, 6) is 0.824. The van der Waals surface area contributed by atoms with E-state index in [4.69, 9.17) is 4.74 Å². The Labute approximate surface area is 92.8 Å². The zero-order valence-electron chi connectivity index (χ0n) is 10.4. The maximum Gasteiger partial charge on any atom is 0.219 e. The zero-order chi connectivity index (χ0) is 11.5. The Morgan fingerprint density at radius 3 is 2.27 bits per heavy atom. The molecule has 1 aliphatic heterocycles. The maximum atomic E-state index is 11.1. The normalized spacial score (nSPS) is 19.3. The summed E-state index contributed by atoms with van der Waals surface area (Å²) in [6.07, 6.45) is 2.16. The third-order valence-electron chi connectivity index (χ3n) is 2.81. The van der Waals surface area contributed by atoms with E-state index in [-0.39, 0.29) is 11.5 Å². The molecule has 3 nitrogen and oxygen atoms in total. The minimum atomic E-state index is -0.0439. The molecule has 3 heteroatoms. The van der Waals surface area contributed by atoms with Gasteiger partial charge in [-0.25, -0.2) is 0 Å². The minimum absolute atomic E-state index is 0.0439. The summed E-state index contributed by atoms with van der Waals surface area (Å²) in [5.41, 5.74) is -0.0439. The van der Waals surface area contributed by atoms with E-state index >= 15 is 0 Å². The molecule has 0 radical (unpaired) electrons. The van der Waals surface area contributed by atoms with Crippen LogP contribution in [0.4, 0.5) is 0 Å². The molecule has 0 aromatic heterocycles. The molecule has 15 heavy (non-hydrogen) atoms. The van der Waals surface area contributed by atoms with E-state index < -0.39 is 0 Å². The van der Waals surface area contributed by atoms with Crippen LogP contribution in [0.5, 0.6) is 0 Å². The summed E-state index contributed by atoms with van der Waals surface area (Å²) in [4.78, 5) is 13.0. The van der Waals surface area contributed by atoms with Crippen molar-refractivity contribution in [2.75, 3.05) is 19.7 Å². The Morgan fingerprint density at radius 2 is 1.87 bits per heavy atom. The van der Waals surface area contributed by atoms with Crippen LogP contribution in [0.3, 0.4) is 0 Å². The molecular weight excluding hydrogens is 190 g/mol. The van der Waals surface area contributed by atoms with Crippen molar-refractivity contribution in [2.24, 2.45) is 5.92 Å². The Hall–Kier alpha value is -0.570. The molecule has 88 valence electrons. The van der Waals surface area contributed by atoms with Gasteiger partial charge in [0.25, 0.3) is 0 Å². The zero-order valence-corrected chi connectivity index (χ0v) is 10.4. The largest absolute Gasteiger partial charge is 0.376 e. The SMILES string of the molecule is CC(=O)N1CCC(COC(C)(C)C)CC1. The first-order valence-corrected chi connectivity index (χ1v) is 5.78. The van der Waals surface area contributed by atoms with E-state index in [2.05, 4.69) is 20.8 Å². The van der Waals surface area contributed by atoms with Gasteiger partial charge in [-0.1, -0.05) is 0 Å². The number of nitrogens with zero attached hydrogens (tertiary/aromatic N) is 1. The Bertz CT molecular complexity index is 212. The van der Waals surface area contributed by atoms with Crippen LogP contribution in [0, 0.1) is 5.92 Å². The predicted octanol–water partition coefficient (Wildman–Crippen LogP) is 2.06. The molecule has 0 bridgehead atoms. The molecule has 0 atom stereocenters. The van der Waals surface area contributed by atoms with Crippen LogP contribution in [-0.2, 0) is 9.53 Å². The fourth-order valence-corrected chi connectivity index (χ4v) is 1.78. The smallest absolute Gasteiger partial charge is 0.219 e. The molecule has 1 fully saturated rings. The van der Waals surface area contributed by atoms with Gasteiger partial charge in [0.15, 0.2) is 0 Å². The number of carbonyl (C=O) groups is 1. The van der Waals surface area contributed by atoms with Crippen LogP contribution in [0.25, 0.3) is 0 Å². The van der Waals surface area contributed by atoms with Crippen molar-refractivity contribution in [3.8, 4) is 0 Å². The molecule has 0 aliphatic carbocycles. The van der Waals surface area contributed by atoms with Crippen LogP contribution in [-0.4, -0.2) is 36.1 Å². The number of rotatable bonds is 2. The summed E-state index contributed by atoms with van der Waals surface area (Å²) < 4.78 is 5.76. The lowest BCUT2D eigenvalue weighted by atomic mass is 9.97. The number of hydrogen-bond donors (Lipinski definition) is 0. The van der Waals surface area contributed by atoms with E-state index in [9.17, 15) is 4.79 Å². The first-order valence-electron chi connectivity index (χ1n) is 5.78. The molecule has 0 N–H and O–H groups in total. The van der Waals surface area contributed by atoms with Crippen molar-refractivity contribution in [2.45, 2.75) is 46.1 Å². The second kappa shape index (κ2) is 4.97. The standard InChI is InChI=1S/C12H23NO2/c1-10(14)13-7-5-11(6-8-13)9-15-12(2,3)4/h11H,5-9H2,1-4H3. The lowest BCUT2D eigenvalue weighted by molar-refractivity contribution is -0.130. The van der Waals surface area contributed by atoms with Crippen LogP contribution in [0.1, 0.15) is 40.5 Å². The fourth-order valence-electron chi connectivity index (χ4n) is 1.78. The van der Waals surface area contributed by atoms with Gasteiger partial charge in [0, 0.05) is 20.0 Å². The molecule has 0 spiro atoms. The summed E-state index contributed by atoms with van der Waals surface area (Å²) >= 11 is 0. The first kappa shape index (κ1) is 12.5. The summed E-state index contributed by atoms with van der Waals surface area (Å²) in [7, 11) is 0. The van der Waals surface area contributed by atoms with Crippen LogP contribution < -0.4 is 0 Å². The van der Waals surface area contributed by atoms with Crippen molar-refractivity contribution < 1.29 is 9.53 Å². The van der Waals surface area contributed by atoms with E-state index in [0.717, 1.165) is 32.5 Å². The summed E-state index contributed by atoms with van der Waals surface area (Å²) in [5, 5.41) is 0.